The van der Waals surface area contributed by atoms with Gasteiger partial charge < -0.3 is 16.0 Å². The Morgan fingerprint density at radius 1 is 1.14 bits per heavy atom. The predicted octanol–water partition coefficient (Wildman–Crippen LogP) is 2.21. The maximum atomic E-state index is 12.7. The second-order valence-electron chi connectivity index (χ2n) is 4.34. The number of rotatable bonds is 5. The molecular weight excluding hydrogens is 287 g/mol. The van der Waals surface area contributed by atoms with E-state index in [-0.39, 0.29) is 17.8 Å². The molecule has 0 aliphatic carbocycles. The van der Waals surface area contributed by atoms with Crippen LogP contribution in [0.15, 0.2) is 18.2 Å². The monoisotopic (exact) mass is 303 g/mol. The Balaban J connectivity index is 3.04. The van der Waals surface area contributed by atoms with Crippen LogP contribution in [0.1, 0.15) is 18.9 Å². The van der Waals surface area contributed by atoms with Crippen LogP contribution in [-0.2, 0) is 15.8 Å². The van der Waals surface area contributed by atoms with E-state index in [0.29, 0.717) is 6.54 Å². The summed E-state index contributed by atoms with van der Waals surface area (Å²) in [6, 6.07) is 2.75. The van der Waals surface area contributed by atoms with Gasteiger partial charge in [0, 0.05) is 19.9 Å². The third kappa shape index (κ3) is 5.42. The number of halogens is 3. The molecule has 0 radical (unpaired) electrons. The molecule has 3 N–H and O–H groups in total. The number of carbonyl (C=O) groups is 2. The van der Waals surface area contributed by atoms with Crippen molar-refractivity contribution in [2.45, 2.75) is 19.5 Å². The molecule has 0 unspecified atom stereocenters. The van der Waals surface area contributed by atoms with E-state index in [0.717, 1.165) is 18.2 Å². The van der Waals surface area contributed by atoms with Crippen molar-refractivity contribution in [1.82, 2.24) is 5.32 Å². The molecule has 116 valence electrons. The van der Waals surface area contributed by atoms with Crippen LogP contribution in [0.5, 0.6) is 0 Å². The van der Waals surface area contributed by atoms with Gasteiger partial charge in [-0.15, -0.1) is 0 Å². The van der Waals surface area contributed by atoms with Crippen LogP contribution in [0, 0.1) is 0 Å². The van der Waals surface area contributed by atoms with Gasteiger partial charge in [0.25, 0.3) is 0 Å². The third-order valence-corrected chi connectivity index (χ3v) is 2.53. The lowest BCUT2D eigenvalue weighted by molar-refractivity contribution is -0.137. The number of anilines is 2. The van der Waals surface area contributed by atoms with E-state index in [1.807, 2.05) is 0 Å². The Morgan fingerprint density at radius 2 is 1.81 bits per heavy atom. The van der Waals surface area contributed by atoms with Gasteiger partial charge in [-0.1, -0.05) is 0 Å². The minimum absolute atomic E-state index is 0.0823. The van der Waals surface area contributed by atoms with Crippen LogP contribution in [0.4, 0.5) is 24.5 Å². The molecule has 2 amide bonds. The number of carbonyl (C=O) groups excluding carboxylic acids is 2. The number of hydrogen-bond acceptors (Lipinski definition) is 3. The fraction of sp³-hybridized carbons (Fsp3) is 0.385. The van der Waals surface area contributed by atoms with E-state index in [2.05, 4.69) is 16.0 Å². The summed E-state index contributed by atoms with van der Waals surface area (Å²) in [5.74, 6) is -0.893. The Bertz CT molecular complexity index is 530. The fourth-order valence-corrected chi connectivity index (χ4v) is 1.57. The first-order valence-electron chi connectivity index (χ1n) is 6.17. The van der Waals surface area contributed by atoms with Gasteiger partial charge in [0.2, 0.25) is 11.8 Å². The van der Waals surface area contributed by atoms with Gasteiger partial charge in [-0.05, 0) is 25.2 Å². The molecule has 0 spiro atoms. The van der Waals surface area contributed by atoms with Gasteiger partial charge in [-0.3, -0.25) is 9.59 Å². The van der Waals surface area contributed by atoms with E-state index >= 15 is 0 Å². The van der Waals surface area contributed by atoms with Crippen molar-refractivity contribution < 1.29 is 22.8 Å². The average Bonchev–Trinajstić information content (AvgIpc) is 2.36. The molecular formula is C13H16F3N3O2. The van der Waals surface area contributed by atoms with Crippen LogP contribution in [0.3, 0.4) is 0 Å². The molecule has 0 heterocycles. The Kier molecular flexibility index (Phi) is 5.71. The molecule has 8 heteroatoms. The first kappa shape index (κ1) is 17.0. The Labute approximate surface area is 119 Å². The summed E-state index contributed by atoms with van der Waals surface area (Å²) in [6.45, 7) is 1.62. The molecule has 1 aromatic carbocycles. The standard InChI is InChI=1S/C13H16F3N3O2/c1-8(20)18-10-4-3-9(13(14,15)16)7-11(10)19-12(21)5-6-17-2/h3-4,7,17H,5-6H2,1-2H3,(H,18,20)(H,19,21). The number of hydrogen-bond donors (Lipinski definition) is 3. The van der Waals surface area contributed by atoms with Crippen LogP contribution in [0.2, 0.25) is 0 Å². The fourth-order valence-electron chi connectivity index (χ4n) is 1.57. The molecule has 1 rings (SSSR count). The van der Waals surface area contributed by atoms with Crippen molar-refractivity contribution in [3.63, 3.8) is 0 Å². The molecule has 0 bridgehead atoms. The van der Waals surface area contributed by atoms with E-state index in [9.17, 15) is 22.8 Å². The molecule has 0 aliphatic heterocycles. The second-order valence-corrected chi connectivity index (χ2v) is 4.34. The largest absolute Gasteiger partial charge is 0.416 e. The van der Waals surface area contributed by atoms with Gasteiger partial charge in [0.1, 0.15) is 0 Å². The quantitative estimate of drug-likeness (QED) is 0.781. The second kappa shape index (κ2) is 7.07. The van der Waals surface area contributed by atoms with Crippen LogP contribution in [0.25, 0.3) is 0 Å². The van der Waals surface area contributed by atoms with Crippen LogP contribution >= 0.6 is 0 Å². The van der Waals surface area contributed by atoms with E-state index in [1.54, 1.807) is 7.05 Å². The summed E-state index contributed by atoms with van der Waals surface area (Å²) in [4.78, 5) is 22.7. The highest BCUT2D eigenvalue weighted by Gasteiger charge is 2.31. The molecule has 1 aromatic rings. The van der Waals surface area contributed by atoms with E-state index in [4.69, 9.17) is 0 Å². The summed E-state index contributed by atoms with van der Waals surface area (Å²) >= 11 is 0. The number of benzene rings is 1. The highest BCUT2D eigenvalue weighted by atomic mass is 19.4. The van der Waals surface area contributed by atoms with Crippen molar-refractivity contribution >= 4 is 23.2 Å². The van der Waals surface area contributed by atoms with Crippen LogP contribution < -0.4 is 16.0 Å². The SMILES string of the molecule is CNCCC(=O)Nc1cc(C(F)(F)F)ccc1NC(C)=O. The predicted molar refractivity (Wildman–Crippen MR) is 72.9 cm³/mol. The molecule has 0 atom stereocenters. The maximum Gasteiger partial charge on any atom is 0.416 e. The van der Waals surface area contributed by atoms with E-state index < -0.39 is 23.6 Å². The first-order valence-corrected chi connectivity index (χ1v) is 6.17. The zero-order valence-electron chi connectivity index (χ0n) is 11.6. The normalized spacial score (nSPS) is 11.1. The summed E-state index contributed by atoms with van der Waals surface area (Å²) in [5.41, 5.74) is -0.866. The molecule has 0 aliphatic rings. The summed E-state index contributed by atoms with van der Waals surface area (Å²) in [5, 5.41) is 7.50. The number of amides is 2. The molecule has 21 heavy (non-hydrogen) atoms. The lowest BCUT2D eigenvalue weighted by atomic mass is 10.1. The van der Waals surface area contributed by atoms with Gasteiger partial charge in [0.15, 0.2) is 0 Å². The lowest BCUT2D eigenvalue weighted by Crippen LogP contribution is -2.20. The van der Waals surface area contributed by atoms with Crippen LogP contribution in [-0.4, -0.2) is 25.4 Å². The third-order valence-electron chi connectivity index (χ3n) is 2.53. The molecule has 0 fully saturated rings. The summed E-state index contributed by atoms with van der Waals surface area (Å²) in [6.07, 6.45) is -4.43. The number of nitrogens with one attached hydrogen (secondary N) is 3. The van der Waals surface area contributed by atoms with Crippen molar-refractivity contribution in [2.75, 3.05) is 24.2 Å². The Morgan fingerprint density at radius 3 is 2.33 bits per heavy atom. The molecule has 5 nitrogen and oxygen atoms in total. The van der Waals surface area contributed by atoms with Crippen molar-refractivity contribution in [2.24, 2.45) is 0 Å². The number of alkyl halides is 3. The topological polar surface area (TPSA) is 70.2 Å². The zero-order chi connectivity index (χ0) is 16.0. The Hall–Kier alpha value is -2.09. The van der Waals surface area contributed by atoms with Crippen molar-refractivity contribution in [1.29, 1.82) is 0 Å². The van der Waals surface area contributed by atoms with Crippen molar-refractivity contribution in [3.8, 4) is 0 Å². The minimum Gasteiger partial charge on any atom is -0.325 e. The van der Waals surface area contributed by atoms with Gasteiger partial charge >= 0.3 is 6.18 Å². The summed E-state index contributed by atoms with van der Waals surface area (Å²) < 4.78 is 38.1. The smallest absolute Gasteiger partial charge is 0.325 e. The first-order chi connectivity index (χ1) is 9.74. The van der Waals surface area contributed by atoms with Gasteiger partial charge in [0.05, 0.1) is 16.9 Å². The maximum absolute atomic E-state index is 12.7. The molecule has 0 aromatic heterocycles. The van der Waals surface area contributed by atoms with E-state index in [1.165, 1.54) is 6.92 Å². The zero-order valence-corrected chi connectivity index (χ0v) is 11.6. The average molecular weight is 303 g/mol. The highest BCUT2D eigenvalue weighted by molar-refractivity contribution is 5.99. The highest BCUT2D eigenvalue weighted by Crippen LogP contribution is 2.34. The van der Waals surface area contributed by atoms with Gasteiger partial charge in [-0.2, -0.15) is 13.2 Å². The van der Waals surface area contributed by atoms with Crippen molar-refractivity contribution in [3.05, 3.63) is 23.8 Å². The lowest BCUT2D eigenvalue weighted by Gasteiger charge is -2.14. The summed E-state index contributed by atoms with van der Waals surface area (Å²) in [7, 11) is 1.65. The minimum atomic E-state index is -4.53. The molecule has 0 saturated heterocycles. The van der Waals surface area contributed by atoms with Gasteiger partial charge in [-0.25, -0.2) is 0 Å². The molecule has 0 saturated carbocycles.